The number of likely N-dealkylation sites (N-methyl/N-ethyl adjacent to an activating group) is 1. The molecule has 1 aliphatic rings. The molecule has 2 rings (SSSR count). The molecule has 0 saturated heterocycles. The van der Waals surface area contributed by atoms with E-state index >= 15 is 0 Å². The summed E-state index contributed by atoms with van der Waals surface area (Å²) in [6.45, 7) is 3.88. The van der Waals surface area contributed by atoms with Crippen LogP contribution in [0.25, 0.3) is 0 Å². The van der Waals surface area contributed by atoms with Crippen LogP contribution in [0.1, 0.15) is 48.1 Å². The number of nitrogens with zero attached hydrogens (tertiary/aromatic N) is 1. The molecular formula is C15H19NO4. The van der Waals surface area contributed by atoms with Gasteiger partial charge in [-0.05, 0) is 39.2 Å². The van der Waals surface area contributed by atoms with E-state index in [0.717, 1.165) is 30.4 Å². The molecule has 0 unspecified atom stereocenters. The Labute approximate surface area is 117 Å². The molecule has 0 saturated carbocycles. The van der Waals surface area contributed by atoms with Crippen LogP contribution in [0.4, 0.5) is 0 Å². The number of furan rings is 1. The van der Waals surface area contributed by atoms with Crippen molar-refractivity contribution in [1.29, 1.82) is 0 Å². The number of carbonyl (C=O) groups is 2. The minimum atomic E-state index is -1.01. The molecule has 1 aromatic heterocycles. The molecule has 0 radical (unpaired) electrons. The molecule has 1 heterocycles. The lowest BCUT2D eigenvalue weighted by molar-refractivity contribution is -0.126. The number of aromatic carboxylic acids is 1. The van der Waals surface area contributed by atoms with Gasteiger partial charge in [-0.15, -0.1) is 0 Å². The predicted octanol–water partition coefficient (Wildman–Crippen LogP) is 2.75. The van der Waals surface area contributed by atoms with Crippen LogP contribution in [-0.4, -0.2) is 28.9 Å². The molecule has 5 nitrogen and oxygen atoms in total. The van der Waals surface area contributed by atoms with Crippen LogP contribution in [0.3, 0.4) is 0 Å². The molecule has 0 bridgehead atoms. The summed E-state index contributed by atoms with van der Waals surface area (Å²) in [4.78, 5) is 24.8. The zero-order chi connectivity index (χ0) is 14.9. The first-order valence-electron chi connectivity index (χ1n) is 6.67. The van der Waals surface area contributed by atoms with E-state index in [-0.39, 0.29) is 18.0 Å². The lowest BCUT2D eigenvalue weighted by Gasteiger charge is -2.17. The zero-order valence-electron chi connectivity index (χ0n) is 12.0. The molecule has 1 aliphatic carbocycles. The van der Waals surface area contributed by atoms with E-state index in [1.165, 1.54) is 6.07 Å². The molecule has 20 heavy (non-hydrogen) atoms. The lowest BCUT2D eigenvalue weighted by atomic mass is 10.1. The minimum absolute atomic E-state index is 0.00549. The Bertz CT molecular complexity index is 583. The molecule has 5 heteroatoms. The summed E-state index contributed by atoms with van der Waals surface area (Å²) in [5, 5.41) is 8.98. The Morgan fingerprint density at radius 2 is 2.05 bits per heavy atom. The highest BCUT2D eigenvalue weighted by Gasteiger charge is 2.22. The zero-order valence-corrected chi connectivity index (χ0v) is 12.0. The molecule has 0 aromatic carbocycles. The average molecular weight is 277 g/mol. The van der Waals surface area contributed by atoms with Crippen molar-refractivity contribution in [3.8, 4) is 0 Å². The fraction of sp³-hybridized carbons (Fsp3) is 0.467. The predicted molar refractivity (Wildman–Crippen MR) is 73.4 cm³/mol. The molecule has 0 fully saturated rings. The lowest BCUT2D eigenvalue weighted by Crippen LogP contribution is -2.27. The van der Waals surface area contributed by atoms with Gasteiger partial charge >= 0.3 is 5.97 Å². The number of carboxylic acid groups (broad SMARTS) is 1. The van der Waals surface area contributed by atoms with E-state index in [9.17, 15) is 9.59 Å². The van der Waals surface area contributed by atoms with Crippen LogP contribution >= 0.6 is 0 Å². The second-order valence-corrected chi connectivity index (χ2v) is 5.26. The standard InChI is InChI=1S/C15H19NO4/c1-9-5-4-6-12(9)14(17)16(3)8-11-7-13(15(18)19)10(2)20-11/h7H,4-6,8H2,1-3H3,(H,18,19). The van der Waals surface area contributed by atoms with Crippen molar-refractivity contribution in [2.24, 2.45) is 0 Å². The number of amides is 1. The highest BCUT2D eigenvalue weighted by Crippen LogP contribution is 2.27. The first-order valence-corrected chi connectivity index (χ1v) is 6.67. The monoisotopic (exact) mass is 277 g/mol. The average Bonchev–Trinajstić information content (AvgIpc) is 2.94. The van der Waals surface area contributed by atoms with Crippen molar-refractivity contribution in [3.63, 3.8) is 0 Å². The van der Waals surface area contributed by atoms with Gasteiger partial charge in [-0.25, -0.2) is 4.79 Å². The number of carbonyl (C=O) groups excluding carboxylic acids is 1. The number of rotatable bonds is 4. The quantitative estimate of drug-likeness (QED) is 0.918. The third-order valence-electron chi connectivity index (χ3n) is 3.69. The van der Waals surface area contributed by atoms with Crippen LogP contribution in [0.15, 0.2) is 21.6 Å². The summed E-state index contributed by atoms with van der Waals surface area (Å²) in [6.07, 6.45) is 2.84. The van der Waals surface area contributed by atoms with Crippen molar-refractivity contribution < 1.29 is 19.1 Å². The molecule has 0 spiro atoms. The van der Waals surface area contributed by atoms with Gasteiger partial charge in [-0.2, -0.15) is 0 Å². The van der Waals surface area contributed by atoms with Crippen LogP contribution in [0.2, 0.25) is 0 Å². The Balaban J connectivity index is 2.10. The summed E-state index contributed by atoms with van der Waals surface area (Å²) < 4.78 is 5.40. The Morgan fingerprint density at radius 3 is 2.55 bits per heavy atom. The summed E-state index contributed by atoms with van der Waals surface area (Å²) in [5.74, 6) is -0.150. The molecule has 0 atom stereocenters. The second-order valence-electron chi connectivity index (χ2n) is 5.26. The summed E-state index contributed by atoms with van der Waals surface area (Å²) >= 11 is 0. The first kappa shape index (κ1) is 14.4. The SMILES string of the molecule is CC1=C(C(=O)N(C)Cc2cc(C(=O)O)c(C)o2)CCC1. The Hall–Kier alpha value is -2.04. The third kappa shape index (κ3) is 2.76. The van der Waals surface area contributed by atoms with Gasteiger partial charge in [0.2, 0.25) is 5.91 Å². The number of hydrogen-bond acceptors (Lipinski definition) is 3. The van der Waals surface area contributed by atoms with E-state index in [1.807, 2.05) is 6.92 Å². The molecular weight excluding hydrogens is 258 g/mol. The van der Waals surface area contributed by atoms with Crippen LogP contribution in [0.5, 0.6) is 0 Å². The topological polar surface area (TPSA) is 70.8 Å². The maximum atomic E-state index is 12.3. The van der Waals surface area contributed by atoms with Crippen molar-refractivity contribution in [3.05, 3.63) is 34.3 Å². The van der Waals surface area contributed by atoms with Crippen LogP contribution in [-0.2, 0) is 11.3 Å². The van der Waals surface area contributed by atoms with Gasteiger partial charge < -0.3 is 14.4 Å². The number of aryl methyl sites for hydroxylation is 1. The van der Waals surface area contributed by atoms with Crippen molar-refractivity contribution in [2.75, 3.05) is 7.05 Å². The van der Waals surface area contributed by atoms with E-state index in [4.69, 9.17) is 9.52 Å². The summed E-state index contributed by atoms with van der Waals surface area (Å²) in [7, 11) is 1.71. The maximum absolute atomic E-state index is 12.3. The van der Waals surface area contributed by atoms with Gasteiger partial charge in [0.15, 0.2) is 0 Å². The molecule has 0 aliphatic heterocycles. The van der Waals surface area contributed by atoms with E-state index in [2.05, 4.69) is 0 Å². The van der Waals surface area contributed by atoms with Crippen molar-refractivity contribution in [1.82, 2.24) is 4.90 Å². The van der Waals surface area contributed by atoms with Gasteiger partial charge in [0.05, 0.1) is 6.54 Å². The van der Waals surface area contributed by atoms with Gasteiger partial charge in [0, 0.05) is 12.6 Å². The second kappa shape index (κ2) is 5.53. The van der Waals surface area contributed by atoms with Crippen LogP contribution in [0, 0.1) is 6.92 Å². The molecule has 1 N–H and O–H groups in total. The molecule has 1 aromatic rings. The molecule has 108 valence electrons. The smallest absolute Gasteiger partial charge is 0.339 e. The van der Waals surface area contributed by atoms with Crippen molar-refractivity contribution >= 4 is 11.9 Å². The fourth-order valence-corrected chi connectivity index (χ4v) is 2.55. The van der Waals surface area contributed by atoms with Gasteiger partial charge in [-0.1, -0.05) is 5.57 Å². The highest BCUT2D eigenvalue weighted by atomic mass is 16.4. The normalized spacial score (nSPS) is 14.8. The summed E-state index contributed by atoms with van der Waals surface area (Å²) in [5.41, 5.74) is 2.19. The largest absolute Gasteiger partial charge is 0.478 e. The van der Waals surface area contributed by atoms with Crippen molar-refractivity contribution in [2.45, 2.75) is 39.7 Å². The molecule has 1 amide bonds. The highest BCUT2D eigenvalue weighted by molar-refractivity contribution is 5.94. The van der Waals surface area contributed by atoms with Gasteiger partial charge in [-0.3, -0.25) is 4.79 Å². The van der Waals surface area contributed by atoms with E-state index in [1.54, 1.807) is 18.9 Å². The van der Waals surface area contributed by atoms with Gasteiger partial charge in [0.25, 0.3) is 0 Å². The maximum Gasteiger partial charge on any atom is 0.339 e. The fourth-order valence-electron chi connectivity index (χ4n) is 2.55. The number of carboxylic acids is 1. The first-order chi connectivity index (χ1) is 9.40. The Morgan fingerprint density at radius 1 is 1.35 bits per heavy atom. The van der Waals surface area contributed by atoms with Crippen LogP contribution < -0.4 is 0 Å². The Kier molecular flexibility index (Phi) is 3.97. The van der Waals surface area contributed by atoms with E-state index in [0.29, 0.717) is 11.5 Å². The summed E-state index contributed by atoms with van der Waals surface area (Å²) in [6, 6.07) is 1.48. The number of allylic oxidation sites excluding steroid dienone is 1. The van der Waals surface area contributed by atoms with Gasteiger partial charge in [0.1, 0.15) is 17.1 Å². The van der Waals surface area contributed by atoms with E-state index < -0.39 is 5.97 Å². The third-order valence-corrected chi connectivity index (χ3v) is 3.69. The minimum Gasteiger partial charge on any atom is -0.478 e. The number of hydrogen-bond donors (Lipinski definition) is 1.